The second-order valence-corrected chi connectivity index (χ2v) is 8.59. The molecule has 0 spiro atoms. The molecule has 0 saturated carbocycles. The molecular formula is C21H30N6S. The first kappa shape index (κ1) is 19.3. The molecule has 0 amide bonds. The summed E-state index contributed by atoms with van der Waals surface area (Å²) < 4.78 is 0. The van der Waals surface area contributed by atoms with E-state index in [0.717, 1.165) is 69.5 Å². The van der Waals surface area contributed by atoms with Gasteiger partial charge in [0.15, 0.2) is 0 Å². The van der Waals surface area contributed by atoms with Gasteiger partial charge < -0.3 is 20.9 Å². The molecule has 7 heteroatoms. The van der Waals surface area contributed by atoms with E-state index in [0.29, 0.717) is 0 Å². The van der Waals surface area contributed by atoms with E-state index in [9.17, 15) is 0 Å². The van der Waals surface area contributed by atoms with Crippen LogP contribution in [-0.4, -0.2) is 54.5 Å². The second-order valence-electron chi connectivity index (χ2n) is 7.49. The second kappa shape index (κ2) is 9.01. The Balaban J connectivity index is 1.45. The van der Waals surface area contributed by atoms with Crippen molar-refractivity contribution in [3.8, 4) is 0 Å². The number of nitrogens with two attached hydrogens (primary N) is 1. The molecule has 3 N–H and O–H groups in total. The SMILES string of the molecule is CCCC(N)CNc1nc(N2CCN(c3ccccc3)CC2)nc2c1SCC2. The molecule has 1 aromatic carbocycles. The Morgan fingerprint density at radius 1 is 1.11 bits per heavy atom. The van der Waals surface area contributed by atoms with Crippen LogP contribution in [0.3, 0.4) is 0 Å². The number of thioether (sulfide) groups is 1. The normalized spacial score (nSPS) is 17.5. The highest BCUT2D eigenvalue weighted by Crippen LogP contribution is 2.36. The summed E-state index contributed by atoms with van der Waals surface area (Å²) in [6, 6.07) is 10.8. The number of benzene rings is 1. The van der Waals surface area contributed by atoms with E-state index in [-0.39, 0.29) is 6.04 Å². The summed E-state index contributed by atoms with van der Waals surface area (Å²) in [7, 11) is 0. The Morgan fingerprint density at radius 2 is 1.86 bits per heavy atom. The number of aromatic nitrogens is 2. The maximum absolute atomic E-state index is 6.20. The lowest BCUT2D eigenvalue weighted by Gasteiger charge is -2.36. The van der Waals surface area contributed by atoms with Crippen molar-refractivity contribution in [2.45, 2.75) is 37.1 Å². The van der Waals surface area contributed by atoms with E-state index in [2.05, 4.69) is 52.4 Å². The predicted octanol–water partition coefficient (Wildman–Crippen LogP) is 2.99. The molecule has 2 aliphatic heterocycles. The van der Waals surface area contributed by atoms with E-state index >= 15 is 0 Å². The van der Waals surface area contributed by atoms with Gasteiger partial charge in [0.1, 0.15) is 5.82 Å². The van der Waals surface area contributed by atoms with Crippen LogP contribution in [-0.2, 0) is 6.42 Å². The fraction of sp³-hybridized carbons (Fsp3) is 0.524. The van der Waals surface area contributed by atoms with Crippen LogP contribution >= 0.6 is 11.8 Å². The van der Waals surface area contributed by atoms with Crippen LogP contribution < -0.4 is 20.9 Å². The Bertz CT molecular complexity index is 776. The molecule has 1 unspecified atom stereocenters. The quantitative estimate of drug-likeness (QED) is 0.743. The lowest BCUT2D eigenvalue weighted by atomic mass is 10.2. The molecule has 4 rings (SSSR count). The molecule has 0 bridgehead atoms. The van der Waals surface area contributed by atoms with Gasteiger partial charge in [-0.2, -0.15) is 4.98 Å². The number of piperazine rings is 1. The minimum atomic E-state index is 0.167. The Morgan fingerprint density at radius 3 is 2.61 bits per heavy atom. The standard InChI is InChI=1S/C21H30N6S/c1-2-6-16(22)15-23-20-19-18(9-14-28-19)24-21(25-20)27-12-10-26(11-13-27)17-7-4-3-5-8-17/h3-5,7-8,16H,2,6,9-15,22H2,1H3,(H,23,24,25). The lowest BCUT2D eigenvalue weighted by molar-refractivity contribution is 0.622. The Labute approximate surface area is 171 Å². The van der Waals surface area contributed by atoms with Gasteiger partial charge in [-0.1, -0.05) is 31.5 Å². The fourth-order valence-corrected chi connectivity index (χ4v) is 4.89. The lowest BCUT2D eigenvalue weighted by Crippen LogP contribution is -2.47. The van der Waals surface area contributed by atoms with Crippen molar-refractivity contribution in [3.05, 3.63) is 36.0 Å². The molecule has 1 atom stereocenters. The first-order valence-electron chi connectivity index (χ1n) is 10.3. The summed E-state index contributed by atoms with van der Waals surface area (Å²) in [5.74, 6) is 2.92. The van der Waals surface area contributed by atoms with Crippen LogP contribution in [0.1, 0.15) is 25.5 Å². The highest BCUT2D eigenvalue weighted by Gasteiger charge is 2.25. The summed E-state index contributed by atoms with van der Waals surface area (Å²) in [4.78, 5) is 15.8. The highest BCUT2D eigenvalue weighted by molar-refractivity contribution is 7.99. The molecule has 1 saturated heterocycles. The molecule has 1 aromatic heterocycles. The van der Waals surface area contributed by atoms with Gasteiger partial charge in [-0.05, 0) is 18.6 Å². The summed E-state index contributed by atoms with van der Waals surface area (Å²) >= 11 is 1.86. The predicted molar refractivity (Wildman–Crippen MR) is 119 cm³/mol. The van der Waals surface area contributed by atoms with Crippen molar-refractivity contribution in [2.24, 2.45) is 5.73 Å². The van der Waals surface area contributed by atoms with Gasteiger partial charge in [0.25, 0.3) is 0 Å². The zero-order valence-electron chi connectivity index (χ0n) is 16.6. The Kier molecular flexibility index (Phi) is 6.22. The zero-order chi connectivity index (χ0) is 19.3. The summed E-state index contributed by atoms with van der Waals surface area (Å²) in [6.07, 6.45) is 3.16. The number of nitrogens with one attached hydrogen (secondary N) is 1. The molecule has 0 aliphatic carbocycles. The highest BCUT2D eigenvalue weighted by atomic mass is 32.2. The number of nitrogens with zero attached hydrogens (tertiary/aromatic N) is 4. The van der Waals surface area contributed by atoms with Gasteiger partial charge in [0.05, 0.1) is 10.6 Å². The van der Waals surface area contributed by atoms with E-state index < -0.39 is 0 Å². The van der Waals surface area contributed by atoms with Crippen LogP contribution in [0.4, 0.5) is 17.5 Å². The largest absolute Gasteiger partial charge is 0.368 e. The number of anilines is 3. The first-order valence-corrected chi connectivity index (χ1v) is 11.3. The summed E-state index contributed by atoms with van der Waals surface area (Å²) in [5, 5.41) is 3.51. The van der Waals surface area contributed by atoms with Gasteiger partial charge in [0.2, 0.25) is 5.95 Å². The third-order valence-corrected chi connectivity index (χ3v) is 6.51. The van der Waals surface area contributed by atoms with Crippen LogP contribution in [0.5, 0.6) is 0 Å². The van der Waals surface area contributed by atoms with Crippen molar-refractivity contribution >= 4 is 29.2 Å². The van der Waals surface area contributed by atoms with Crippen molar-refractivity contribution in [2.75, 3.05) is 53.6 Å². The van der Waals surface area contributed by atoms with E-state index in [1.54, 1.807) is 0 Å². The topological polar surface area (TPSA) is 70.3 Å². The third-order valence-electron chi connectivity index (χ3n) is 5.38. The number of hydrogen-bond acceptors (Lipinski definition) is 7. The van der Waals surface area contributed by atoms with Gasteiger partial charge >= 0.3 is 0 Å². The smallest absolute Gasteiger partial charge is 0.227 e. The van der Waals surface area contributed by atoms with Gasteiger partial charge in [0, 0.05) is 56.6 Å². The molecule has 2 aromatic rings. The molecule has 2 aliphatic rings. The molecular weight excluding hydrogens is 368 g/mol. The monoisotopic (exact) mass is 398 g/mol. The molecule has 1 fully saturated rings. The number of hydrogen-bond donors (Lipinski definition) is 2. The van der Waals surface area contributed by atoms with Crippen molar-refractivity contribution in [3.63, 3.8) is 0 Å². The van der Waals surface area contributed by atoms with Crippen LogP contribution in [0, 0.1) is 0 Å². The average molecular weight is 399 g/mol. The molecule has 28 heavy (non-hydrogen) atoms. The summed E-state index contributed by atoms with van der Waals surface area (Å²) in [6.45, 7) is 6.79. The fourth-order valence-electron chi connectivity index (χ4n) is 3.82. The minimum Gasteiger partial charge on any atom is -0.368 e. The van der Waals surface area contributed by atoms with Crippen LogP contribution in [0.25, 0.3) is 0 Å². The molecule has 0 radical (unpaired) electrons. The maximum atomic E-state index is 6.20. The Hall–Kier alpha value is -1.99. The van der Waals surface area contributed by atoms with Crippen molar-refractivity contribution in [1.82, 2.24) is 9.97 Å². The summed E-state index contributed by atoms with van der Waals surface area (Å²) in [5.41, 5.74) is 8.68. The van der Waals surface area contributed by atoms with E-state index in [1.807, 2.05) is 11.8 Å². The number of rotatable bonds is 7. The van der Waals surface area contributed by atoms with Gasteiger partial charge in [-0.3, -0.25) is 0 Å². The molecule has 150 valence electrons. The third kappa shape index (κ3) is 4.36. The number of aryl methyl sites for hydroxylation is 1. The minimum absolute atomic E-state index is 0.167. The van der Waals surface area contributed by atoms with Gasteiger partial charge in [-0.15, -0.1) is 11.8 Å². The van der Waals surface area contributed by atoms with Gasteiger partial charge in [-0.25, -0.2) is 4.98 Å². The zero-order valence-corrected chi connectivity index (χ0v) is 17.4. The van der Waals surface area contributed by atoms with Crippen LogP contribution in [0.2, 0.25) is 0 Å². The van der Waals surface area contributed by atoms with Crippen molar-refractivity contribution in [1.29, 1.82) is 0 Å². The first-order chi connectivity index (χ1) is 13.7. The average Bonchev–Trinajstić information content (AvgIpc) is 3.22. The number of fused-ring (bicyclic) bond motifs is 1. The molecule has 3 heterocycles. The maximum Gasteiger partial charge on any atom is 0.227 e. The van der Waals surface area contributed by atoms with E-state index in [4.69, 9.17) is 15.7 Å². The van der Waals surface area contributed by atoms with Crippen LogP contribution in [0.15, 0.2) is 35.2 Å². The number of para-hydroxylation sites is 1. The van der Waals surface area contributed by atoms with E-state index in [1.165, 1.54) is 16.3 Å². The molecule has 6 nitrogen and oxygen atoms in total. The van der Waals surface area contributed by atoms with Crippen molar-refractivity contribution < 1.29 is 0 Å².